The number of anilines is 1. The van der Waals surface area contributed by atoms with Gasteiger partial charge in [-0.1, -0.05) is 51.7 Å². The Morgan fingerprint density at radius 2 is 1.80 bits per heavy atom. The molecule has 20 heavy (non-hydrogen) atoms. The molecule has 0 amide bonds. The normalized spacial score (nSPS) is 23.3. The summed E-state index contributed by atoms with van der Waals surface area (Å²) >= 11 is 0. The Labute approximate surface area is 125 Å². The lowest BCUT2D eigenvalue weighted by Gasteiger charge is -2.18. The Kier molecular flexibility index (Phi) is 6.42. The fraction of sp³-hybridized carbons (Fsp3) is 0.684. The molecule has 1 aromatic rings. The van der Waals surface area contributed by atoms with Crippen LogP contribution in [0.2, 0.25) is 0 Å². The number of unbranched alkanes of at least 4 members (excludes halogenated alkanes) is 2. The zero-order valence-electron chi connectivity index (χ0n) is 13.3. The van der Waals surface area contributed by atoms with E-state index in [-0.39, 0.29) is 0 Å². The zero-order valence-corrected chi connectivity index (χ0v) is 13.3. The van der Waals surface area contributed by atoms with E-state index in [0.29, 0.717) is 6.04 Å². The lowest BCUT2D eigenvalue weighted by molar-refractivity contribution is 0.502. The van der Waals surface area contributed by atoms with Gasteiger partial charge >= 0.3 is 0 Å². The molecule has 0 radical (unpaired) electrons. The molecular weight excluding hydrogens is 242 g/mol. The van der Waals surface area contributed by atoms with Crippen molar-refractivity contribution in [2.24, 2.45) is 5.92 Å². The summed E-state index contributed by atoms with van der Waals surface area (Å²) in [5.41, 5.74) is 2.79. The van der Waals surface area contributed by atoms with Gasteiger partial charge in [0.2, 0.25) is 0 Å². The van der Waals surface area contributed by atoms with E-state index in [2.05, 4.69) is 43.4 Å². The Morgan fingerprint density at radius 1 is 1.00 bits per heavy atom. The summed E-state index contributed by atoms with van der Waals surface area (Å²) < 4.78 is 0. The van der Waals surface area contributed by atoms with E-state index in [9.17, 15) is 0 Å². The molecule has 1 saturated carbocycles. The first-order valence-electron chi connectivity index (χ1n) is 8.63. The third-order valence-electron chi connectivity index (χ3n) is 4.65. The third kappa shape index (κ3) is 5.19. The molecule has 0 heterocycles. The second-order valence-electron chi connectivity index (χ2n) is 6.61. The minimum Gasteiger partial charge on any atom is -0.382 e. The number of rotatable bonds is 6. The molecule has 1 fully saturated rings. The van der Waals surface area contributed by atoms with Crippen molar-refractivity contribution in [3.63, 3.8) is 0 Å². The van der Waals surface area contributed by atoms with Crippen LogP contribution in [-0.2, 0) is 6.42 Å². The van der Waals surface area contributed by atoms with E-state index in [1.54, 1.807) is 0 Å². The van der Waals surface area contributed by atoms with Crippen molar-refractivity contribution in [3.05, 3.63) is 29.8 Å². The molecule has 0 aromatic heterocycles. The Bertz CT molecular complexity index is 368. The average Bonchev–Trinajstić information content (AvgIpc) is 2.66. The van der Waals surface area contributed by atoms with Gasteiger partial charge in [0.15, 0.2) is 0 Å². The summed E-state index contributed by atoms with van der Waals surface area (Å²) in [4.78, 5) is 0. The summed E-state index contributed by atoms with van der Waals surface area (Å²) in [7, 11) is 0. The van der Waals surface area contributed by atoms with Crippen molar-refractivity contribution in [2.45, 2.75) is 77.7 Å². The van der Waals surface area contributed by atoms with Gasteiger partial charge < -0.3 is 5.32 Å². The van der Waals surface area contributed by atoms with Gasteiger partial charge in [-0.25, -0.2) is 0 Å². The van der Waals surface area contributed by atoms with Gasteiger partial charge in [-0.3, -0.25) is 0 Å². The molecule has 0 aliphatic heterocycles. The van der Waals surface area contributed by atoms with Gasteiger partial charge in [-0.05, 0) is 55.7 Å². The van der Waals surface area contributed by atoms with Gasteiger partial charge in [0.1, 0.15) is 0 Å². The summed E-state index contributed by atoms with van der Waals surface area (Å²) in [6.45, 7) is 4.66. The summed E-state index contributed by atoms with van der Waals surface area (Å²) in [5.74, 6) is 0.919. The maximum absolute atomic E-state index is 3.74. The number of hydrogen-bond donors (Lipinski definition) is 1. The topological polar surface area (TPSA) is 12.0 Å². The molecule has 1 aliphatic carbocycles. The molecule has 0 saturated heterocycles. The molecule has 2 unspecified atom stereocenters. The summed E-state index contributed by atoms with van der Waals surface area (Å²) in [5, 5.41) is 3.74. The van der Waals surface area contributed by atoms with E-state index < -0.39 is 0 Å². The van der Waals surface area contributed by atoms with Crippen molar-refractivity contribution in [2.75, 3.05) is 5.32 Å². The second kappa shape index (κ2) is 8.34. The molecule has 1 heteroatoms. The molecule has 2 rings (SSSR count). The molecule has 1 nitrogen and oxygen atoms in total. The fourth-order valence-corrected chi connectivity index (χ4v) is 3.21. The van der Waals surface area contributed by atoms with Crippen LogP contribution in [-0.4, -0.2) is 6.04 Å². The van der Waals surface area contributed by atoms with E-state index in [4.69, 9.17) is 0 Å². The van der Waals surface area contributed by atoms with Crippen LogP contribution in [0, 0.1) is 5.92 Å². The maximum atomic E-state index is 3.74. The van der Waals surface area contributed by atoms with Crippen LogP contribution in [0.5, 0.6) is 0 Å². The average molecular weight is 273 g/mol. The fourth-order valence-electron chi connectivity index (χ4n) is 3.21. The van der Waals surface area contributed by atoms with Gasteiger partial charge in [-0.2, -0.15) is 0 Å². The number of nitrogens with one attached hydrogen (secondary N) is 1. The maximum Gasteiger partial charge on any atom is 0.0342 e. The van der Waals surface area contributed by atoms with E-state index in [1.807, 2.05) is 0 Å². The standard InChI is InChI=1S/C19H31N/c1-3-4-5-8-17-11-14-19(15-12-17)20-18-9-6-7-16(2)10-13-18/h11-12,14-16,18,20H,3-10,13H2,1-2H3. The van der Waals surface area contributed by atoms with Crippen molar-refractivity contribution in [3.8, 4) is 0 Å². The Morgan fingerprint density at radius 3 is 2.55 bits per heavy atom. The zero-order chi connectivity index (χ0) is 14.2. The van der Waals surface area contributed by atoms with Gasteiger partial charge in [0.05, 0.1) is 0 Å². The minimum atomic E-state index is 0.686. The van der Waals surface area contributed by atoms with Crippen LogP contribution >= 0.6 is 0 Å². The highest BCUT2D eigenvalue weighted by Crippen LogP contribution is 2.25. The van der Waals surface area contributed by atoms with Crippen LogP contribution in [0.4, 0.5) is 5.69 Å². The second-order valence-corrected chi connectivity index (χ2v) is 6.61. The van der Waals surface area contributed by atoms with Crippen LogP contribution < -0.4 is 5.32 Å². The molecule has 112 valence electrons. The summed E-state index contributed by atoms with van der Waals surface area (Å²) in [6.07, 6.45) is 12.1. The van der Waals surface area contributed by atoms with Crippen molar-refractivity contribution < 1.29 is 0 Å². The van der Waals surface area contributed by atoms with Gasteiger partial charge in [0, 0.05) is 11.7 Å². The van der Waals surface area contributed by atoms with E-state index in [0.717, 1.165) is 5.92 Å². The quantitative estimate of drug-likeness (QED) is 0.510. The predicted molar refractivity (Wildman–Crippen MR) is 89.3 cm³/mol. The first-order valence-corrected chi connectivity index (χ1v) is 8.63. The first-order chi connectivity index (χ1) is 9.78. The van der Waals surface area contributed by atoms with Crippen LogP contribution in [0.1, 0.15) is 70.8 Å². The largest absolute Gasteiger partial charge is 0.382 e. The van der Waals surface area contributed by atoms with Crippen molar-refractivity contribution in [1.29, 1.82) is 0 Å². The monoisotopic (exact) mass is 273 g/mol. The van der Waals surface area contributed by atoms with E-state index >= 15 is 0 Å². The van der Waals surface area contributed by atoms with Crippen molar-refractivity contribution >= 4 is 5.69 Å². The SMILES string of the molecule is CCCCCc1ccc(NC2CCCC(C)CC2)cc1. The molecular formula is C19H31N. The van der Waals surface area contributed by atoms with Crippen LogP contribution in [0.3, 0.4) is 0 Å². The predicted octanol–water partition coefficient (Wildman–Crippen LogP) is 5.80. The highest BCUT2D eigenvalue weighted by Gasteiger charge is 2.15. The molecule has 0 bridgehead atoms. The van der Waals surface area contributed by atoms with Gasteiger partial charge in [0.25, 0.3) is 0 Å². The van der Waals surface area contributed by atoms with E-state index in [1.165, 1.54) is 69.0 Å². The summed E-state index contributed by atoms with van der Waals surface area (Å²) in [6, 6.07) is 9.84. The lowest BCUT2D eigenvalue weighted by Crippen LogP contribution is -2.18. The minimum absolute atomic E-state index is 0.686. The molecule has 2 atom stereocenters. The Balaban J connectivity index is 1.80. The third-order valence-corrected chi connectivity index (χ3v) is 4.65. The van der Waals surface area contributed by atoms with Gasteiger partial charge in [-0.15, -0.1) is 0 Å². The smallest absolute Gasteiger partial charge is 0.0342 e. The molecule has 1 aliphatic rings. The lowest BCUT2D eigenvalue weighted by atomic mass is 10.0. The number of benzene rings is 1. The number of aryl methyl sites for hydroxylation is 1. The molecule has 0 spiro atoms. The first kappa shape index (κ1) is 15.4. The van der Waals surface area contributed by atoms with Crippen LogP contribution in [0.15, 0.2) is 24.3 Å². The Hall–Kier alpha value is -0.980. The van der Waals surface area contributed by atoms with Crippen LogP contribution in [0.25, 0.3) is 0 Å². The highest BCUT2D eigenvalue weighted by molar-refractivity contribution is 5.45. The number of hydrogen-bond acceptors (Lipinski definition) is 1. The van der Waals surface area contributed by atoms with Crippen molar-refractivity contribution in [1.82, 2.24) is 0 Å². The molecule has 1 aromatic carbocycles. The molecule has 1 N–H and O–H groups in total. The highest BCUT2D eigenvalue weighted by atomic mass is 14.9.